The number of nitrogens with one attached hydrogen (secondary N) is 2. The van der Waals surface area contributed by atoms with Crippen LogP contribution in [0.1, 0.15) is 144 Å². The van der Waals surface area contributed by atoms with E-state index in [1.54, 1.807) is 13.8 Å². The van der Waals surface area contributed by atoms with Gasteiger partial charge in [-0.1, -0.05) is 36.1 Å². The predicted molar refractivity (Wildman–Crippen MR) is 323 cm³/mol. The minimum absolute atomic E-state index is 0. The van der Waals surface area contributed by atoms with E-state index in [4.69, 9.17) is 49.5 Å². The number of halogens is 6. The number of Topliss-reactive ketones (excluding diaryl/α,β-unsaturated/α-hetero) is 3. The van der Waals surface area contributed by atoms with Gasteiger partial charge in [-0.05, 0) is 33.6 Å². The quantitative estimate of drug-likeness (QED) is 0.0180. The van der Waals surface area contributed by atoms with Crippen molar-refractivity contribution in [3.05, 3.63) is 0 Å². The molecule has 3 rings (SSSR count). The average Bonchev–Trinajstić information content (AvgIpc) is 0.769. The van der Waals surface area contributed by atoms with Crippen LogP contribution in [0.3, 0.4) is 0 Å². The number of aliphatic hydroxyl groups excluding tert-OH is 3. The van der Waals surface area contributed by atoms with Crippen molar-refractivity contribution < 1.29 is 196 Å². The molecule has 39 heteroatoms. The van der Waals surface area contributed by atoms with Crippen LogP contribution in [0.2, 0.25) is 0 Å². The Morgan fingerprint density at radius 3 is 1.06 bits per heavy atom. The molecule has 0 aromatic heterocycles. The van der Waals surface area contributed by atoms with Crippen molar-refractivity contribution in [1.29, 1.82) is 0 Å². The number of carboxylic acid groups (broad SMARTS) is 1. The first-order valence-corrected chi connectivity index (χ1v) is 28.7. The van der Waals surface area contributed by atoms with E-state index in [9.17, 15) is 90.5 Å². The minimum Gasteiger partial charge on any atom is -0.857 e. The number of hydrogen-bond donors (Lipinski definition) is 7. The Balaban J connectivity index is -0.000000303. The van der Waals surface area contributed by atoms with E-state index in [-0.39, 0.29) is 71.1 Å². The summed E-state index contributed by atoms with van der Waals surface area (Å²) in [6, 6.07) is -5.22. The number of amides is 2. The summed E-state index contributed by atoms with van der Waals surface area (Å²) in [6.45, 7) is 14.3. The first kappa shape index (κ1) is 104. The van der Waals surface area contributed by atoms with E-state index in [0.717, 1.165) is 69.8 Å². The summed E-state index contributed by atoms with van der Waals surface area (Å²) < 4.78 is 138. The van der Waals surface area contributed by atoms with Crippen LogP contribution in [0.5, 0.6) is 0 Å². The molecule has 99 heavy (non-hydrogen) atoms. The van der Waals surface area contributed by atoms with E-state index < -0.39 is 229 Å². The van der Waals surface area contributed by atoms with E-state index in [1.165, 1.54) is 27.7 Å². The van der Waals surface area contributed by atoms with Gasteiger partial charge in [-0.2, -0.15) is 20.3 Å². The third-order valence-corrected chi connectivity index (χ3v) is 13.8. The standard InChI is InChI=1S/C20H29F2NO9.C18H27F2NO8.C14H21F2NO8.C4H6O3.CH3O.3CH4.Na/c1-7-14(30-11(4)26)17(31-12(5)27)16-13(8-9(2)24)15(23-10(3)25)18(21)20(22,32-16)19(28)29-6;1-6-12(27-9(3)23)15(28-10(4)24)14-11(7-8(2)22)13(21)16(19)18(20,29-14)17(25)26-5;1-5(19)3-7-9(17-6(2)20)12(15)14(16,13(23)24)25-11(7)10(22)8(21)4-18;1-3(5)7-4(2)6;1-2;;;;/h13-18H,7-8H2,1-6H3,(H,23,25);11-16H,6-7,21H2,1-5H3;7-12,18,21-22H,3-4H2,1-2H3,(H,17,20)(H,23,24);1-2H3;1H3;3*1H4;/q;;;;-1;;;;+1/t13-,14-,15+,16?,17-,18?,20-;11-,12-,13+,14?,15-,16?,18-;7-,8-,9+,10-,11?,12?,14-;;;;;;/m111....../s1. The Kier molecular flexibility index (Phi) is 49.9. The van der Waals surface area contributed by atoms with Crippen LogP contribution < -0.4 is 51.0 Å². The molecular weight excluding hydrogens is 1360 g/mol. The van der Waals surface area contributed by atoms with E-state index >= 15 is 13.2 Å². The minimum atomic E-state index is -3.93. The van der Waals surface area contributed by atoms with Gasteiger partial charge >= 0.3 is 101 Å². The zero-order valence-electron chi connectivity index (χ0n) is 56.0. The normalized spacial score (nSPS) is 28.0. The van der Waals surface area contributed by atoms with Gasteiger partial charge in [-0.15, -0.1) is 0 Å². The summed E-state index contributed by atoms with van der Waals surface area (Å²) in [7, 11) is 2.39. The number of ether oxygens (including phenoxy) is 10. The second-order valence-electron chi connectivity index (χ2n) is 21.5. The van der Waals surface area contributed by atoms with Gasteiger partial charge in [0.1, 0.15) is 54.0 Å². The molecule has 0 radical (unpaired) electrons. The summed E-state index contributed by atoms with van der Waals surface area (Å²) >= 11 is 0. The Morgan fingerprint density at radius 1 is 0.505 bits per heavy atom. The molecule has 570 valence electrons. The molecule has 21 atom stereocenters. The fraction of sp³-hybridized carbons (Fsp3) is 0.767. The third-order valence-electron chi connectivity index (χ3n) is 13.8. The Hall–Kier alpha value is -6.36. The molecule has 32 nitrogen and oxygen atoms in total. The Morgan fingerprint density at radius 2 is 0.798 bits per heavy atom. The first-order chi connectivity index (χ1) is 43.7. The van der Waals surface area contributed by atoms with Crippen LogP contribution in [-0.4, -0.2) is 240 Å². The van der Waals surface area contributed by atoms with Gasteiger partial charge in [-0.3, -0.25) is 38.4 Å². The maximum Gasteiger partial charge on any atom is 1.00 e. The van der Waals surface area contributed by atoms with Gasteiger partial charge in [-0.25, -0.2) is 27.6 Å². The molecule has 6 unspecified atom stereocenters. The first-order valence-electron chi connectivity index (χ1n) is 28.7. The molecule has 0 aliphatic carbocycles. The second-order valence-corrected chi connectivity index (χ2v) is 21.5. The number of carboxylic acids is 1. The number of aliphatic carboxylic acids is 1. The Bertz CT molecular complexity index is 2640. The zero-order valence-corrected chi connectivity index (χ0v) is 58.0. The molecule has 2 amide bonds. The number of ketones is 3. The number of hydrogen-bond acceptors (Lipinski definition) is 29. The number of esters is 8. The third kappa shape index (κ3) is 30.8. The van der Waals surface area contributed by atoms with E-state index in [0.29, 0.717) is 0 Å². The average molecular weight is 1460 g/mol. The van der Waals surface area contributed by atoms with Gasteiger partial charge < -0.3 is 104 Å². The molecule has 0 saturated carbocycles. The van der Waals surface area contributed by atoms with Gasteiger partial charge in [0, 0.05) is 98.4 Å². The molecule has 0 aromatic rings. The molecular formula is C60H98F6N3NaO29. The van der Waals surface area contributed by atoms with Crippen molar-refractivity contribution in [2.75, 3.05) is 27.9 Å². The summed E-state index contributed by atoms with van der Waals surface area (Å²) in [6.07, 6.45) is -23.7. The van der Waals surface area contributed by atoms with E-state index in [2.05, 4.69) is 24.3 Å². The topological polar surface area (TPSA) is 485 Å². The monoisotopic (exact) mass is 1460 g/mol. The van der Waals surface area contributed by atoms with Gasteiger partial charge in [0.15, 0.2) is 30.7 Å². The second kappa shape index (κ2) is 47.7. The molecule has 3 aliphatic rings. The molecule has 3 aliphatic heterocycles. The summed E-state index contributed by atoms with van der Waals surface area (Å²) in [5, 5.41) is 50.0. The molecule has 8 N–H and O–H groups in total. The number of carbonyl (C=O) groups is 14. The van der Waals surface area contributed by atoms with Crippen molar-refractivity contribution in [3.8, 4) is 0 Å². The summed E-state index contributed by atoms with van der Waals surface area (Å²) in [5.41, 5.74) is 5.84. The fourth-order valence-electron chi connectivity index (χ4n) is 10.1. The predicted octanol–water partition coefficient (Wildman–Crippen LogP) is -2.03. The van der Waals surface area contributed by atoms with Crippen molar-refractivity contribution >= 4 is 82.9 Å². The molecule has 0 spiro atoms. The zero-order chi connectivity index (χ0) is 74.7. The fourth-order valence-corrected chi connectivity index (χ4v) is 10.1. The van der Waals surface area contributed by atoms with Gasteiger partial charge in [0.25, 0.3) is 0 Å². The van der Waals surface area contributed by atoms with Gasteiger partial charge in [0.05, 0.1) is 39.0 Å². The number of aliphatic hydroxyl groups is 3. The van der Waals surface area contributed by atoms with Crippen LogP contribution in [0, 0.1) is 17.8 Å². The van der Waals surface area contributed by atoms with Crippen LogP contribution in [0.4, 0.5) is 26.3 Å². The van der Waals surface area contributed by atoms with Crippen molar-refractivity contribution in [2.24, 2.45) is 23.5 Å². The summed E-state index contributed by atoms with van der Waals surface area (Å²) in [5.74, 6) is -28.1. The largest absolute Gasteiger partial charge is 1.00 e. The van der Waals surface area contributed by atoms with E-state index in [1.807, 2.05) is 5.32 Å². The number of carbonyl (C=O) groups excluding carboxylic acids is 13. The van der Waals surface area contributed by atoms with Crippen molar-refractivity contribution in [3.63, 3.8) is 0 Å². The van der Waals surface area contributed by atoms with Crippen LogP contribution >= 0.6 is 0 Å². The Labute approximate surface area is 592 Å². The number of methoxy groups -OCH3 is 2. The number of alkyl halides is 6. The molecule has 0 aromatic carbocycles. The number of rotatable bonds is 24. The van der Waals surface area contributed by atoms with Crippen LogP contribution in [-0.2, 0) is 114 Å². The van der Waals surface area contributed by atoms with Crippen LogP contribution in [0.15, 0.2) is 0 Å². The maximum atomic E-state index is 15.6. The summed E-state index contributed by atoms with van der Waals surface area (Å²) in [4.78, 5) is 159. The van der Waals surface area contributed by atoms with Crippen LogP contribution in [0.25, 0.3) is 0 Å². The molecule has 3 fully saturated rings. The van der Waals surface area contributed by atoms with Gasteiger partial charge in [0.2, 0.25) is 11.8 Å². The SMILES string of the molecule is C.C.C.CC(=O)C[C@H]1C([C@H](O)[C@H](O)CO)O[C@@](F)(C(=O)O)C(F)[C@H]1NC(C)=O.CC(=O)OC(C)=O.CC[C@@H](OC(C)=O)[C@@H](OC(C)=O)C1O[C@@](F)(C(=O)OC)C(F)[C@@H](N)[C@H]1CC(C)=O.CC[C@@H](OC(C)=O)[C@@H](OC(C)=O)C1O[C@@](F)(C(=O)OC)C(F)[C@@H](NC(C)=O)[C@H]1CC(C)=O.C[O-].[Na+]. The van der Waals surface area contributed by atoms with Crippen molar-refractivity contribution in [2.45, 2.75) is 254 Å². The maximum absolute atomic E-state index is 15.6. The molecule has 0 bridgehead atoms. The van der Waals surface area contributed by atoms with Crippen molar-refractivity contribution in [1.82, 2.24) is 10.6 Å². The smallest absolute Gasteiger partial charge is 0.857 e. The molecule has 3 saturated heterocycles. The molecule has 3 heterocycles. The number of nitrogens with two attached hydrogens (primary N) is 1.